The topological polar surface area (TPSA) is 133 Å². The molecule has 0 saturated carbocycles. The van der Waals surface area contributed by atoms with Crippen LogP contribution in [-0.2, 0) is 9.59 Å². The zero-order valence-corrected chi connectivity index (χ0v) is 24.7. The normalized spacial score (nSPS) is 11.2. The number of aryl methyl sites for hydroxylation is 2. The van der Waals surface area contributed by atoms with Crippen LogP contribution in [0.1, 0.15) is 58.5 Å². The first kappa shape index (κ1) is 29.7. The average Bonchev–Trinajstić information content (AvgIpc) is 3.48. The van der Waals surface area contributed by atoms with Gasteiger partial charge in [0.15, 0.2) is 0 Å². The molecule has 0 spiro atoms. The highest BCUT2D eigenvalue weighted by Gasteiger charge is 2.29. The van der Waals surface area contributed by atoms with E-state index in [9.17, 15) is 29.4 Å². The lowest BCUT2D eigenvalue weighted by Crippen LogP contribution is -2.27. The molecule has 2 heterocycles. The molecule has 0 aliphatic heterocycles. The molecule has 0 aliphatic rings. The smallest absolute Gasteiger partial charge is 0.339 e. The van der Waals surface area contributed by atoms with Crippen LogP contribution in [0.15, 0.2) is 59.3 Å². The van der Waals surface area contributed by atoms with E-state index in [0.717, 1.165) is 44.9 Å². The van der Waals surface area contributed by atoms with Crippen LogP contribution in [0.3, 0.4) is 0 Å². The van der Waals surface area contributed by atoms with Gasteiger partial charge in [-0.25, -0.2) is 9.59 Å². The number of thiophene rings is 2. The van der Waals surface area contributed by atoms with Gasteiger partial charge in [-0.05, 0) is 30.4 Å². The first-order valence-electron chi connectivity index (χ1n) is 12.8. The van der Waals surface area contributed by atoms with Gasteiger partial charge in [0.1, 0.15) is 21.1 Å². The predicted octanol–water partition coefficient (Wildman–Crippen LogP) is 7.54. The fourth-order valence-corrected chi connectivity index (χ4v) is 6.44. The van der Waals surface area contributed by atoms with Crippen molar-refractivity contribution < 1.29 is 29.4 Å². The van der Waals surface area contributed by atoms with E-state index < -0.39 is 29.2 Å². The summed E-state index contributed by atoms with van der Waals surface area (Å²) in [5, 5.41) is 29.0. The fourth-order valence-electron chi connectivity index (χ4n) is 4.49. The third-order valence-corrected chi connectivity index (χ3v) is 8.31. The van der Waals surface area contributed by atoms with Gasteiger partial charge in [0, 0.05) is 34.7 Å². The van der Waals surface area contributed by atoms with E-state index in [2.05, 4.69) is 10.6 Å². The SMILES string of the molecule is Cc1ccc(-c2csc(NC(=O)CC(C)(C)CC(=O)Nc3scc(-c4ccc(C)cc4)c3C(=O)O)c2C(=O)O)cc1. The minimum Gasteiger partial charge on any atom is -0.478 e. The predicted molar refractivity (Wildman–Crippen MR) is 163 cm³/mol. The zero-order chi connectivity index (χ0) is 29.9. The van der Waals surface area contributed by atoms with Crippen LogP contribution in [-0.4, -0.2) is 34.0 Å². The Labute approximate surface area is 245 Å². The van der Waals surface area contributed by atoms with Crippen molar-refractivity contribution in [2.45, 2.75) is 40.5 Å². The average molecular weight is 591 g/mol. The van der Waals surface area contributed by atoms with Crippen molar-refractivity contribution >= 4 is 56.4 Å². The number of hydrogen-bond acceptors (Lipinski definition) is 6. The van der Waals surface area contributed by atoms with Gasteiger partial charge >= 0.3 is 11.9 Å². The van der Waals surface area contributed by atoms with Crippen LogP contribution in [0.4, 0.5) is 10.0 Å². The van der Waals surface area contributed by atoms with Crippen LogP contribution < -0.4 is 10.6 Å². The minimum absolute atomic E-state index is 0.0195. The number of carbonyl (C=O) groups excluding carboxylic acids is 2. The van der Waals surface area contributed by atoms with Crippen molar-refractivity contribution in [2.75, 3.05) is 10.6 Å². The highest BCUT2D eigenvalue weighted by atomic mass is 32.1. The van der Waals surface area contributed by atoms with Crippen LogP contribution in [0, 0.1) is 19.3 Å². The molecule has 0 radical (unpaired) electrons. The Balaban J connectivity index is 1.44. The number of carboxylic acid groups (broad SMARTS) is 2. The van der Waals surface area contributed by atoms with E-state index in [4.69, 9.17) is 0 Å². The van der Waals surface area contributed by atoms with Crippen LogP contribution in [0.5, 0.6) is 0 Å². The number of benzene rings is 2. The molecule has 0 atom stereocenters. The maximum absolute atomic E-state index is 13.0. The second-order valence-electron chi connectivity index (χ2n) is 10.7. The summed E-state index contributed by atoms with van der Waals surface area (Å²) in [6.07, 6.45) is -0.107. The molecule has 2 aromatic carbocycles. The Morgan fingerprint density at radius 3 is 1.32 bits per heavy atom. The van der Waals surface area contributed by atoms with Gasteiger partial charge in [-0.3, -0.25) is 9.59 Å². The van der Waals surface area contributed by atoms with Gasteiger partial charge in [0.2, 0.25) is 11.8 Å². The number of nitrogens with one attached hydrogen (secondary N) is 2. The largest absolute Gasteiger partial charge is 0.478 e. The van der Waals surface area contributed by atoms with E-state index in [-0.39, 0.29) is 34.0 Å². The molecule has 0 saturated heterocycles. The summed E-state index contributed by atoms with van der Waals surface area (Å²) < 4.78 is 0. The number of aromatic carboxylic acids is 2. The molecule has 4 N–H and O–H groups in total. The quantitative estimate of drug-likeness (QED) is 0.151. The summed E-state index contributed by atoms with van der Waals surface area (Å²) in [6.45, 7) is 7.38. The number of amides is 2. The number of carboxylic acids is 2. The maximum Gasteiger partial charge on any atom is 0.339 e. The maximum atomic E-state index is 13.0. The molecule has 0 unspecified atom stereocenters. The lowest BCUT2D eigenvalue weighted by molar-refractivity contribution is -0.120. The summed E-state index contributed by atoms with van der Waals surface area (Å²) in [6, 6.07) is 14.9. The summed E-state index contributed by atoms with van der Waals surface area (Å²) in [5.74, 6) is -3.14. The van der Waals surface area contributed by atoms with Gasteiger partial charge in [0.05, 0.1) is 0 Å². The lowest BCUT2D eigenvalue weighted by Gasteiger charge is -2.23. The standard InChI is InChI=1S/C31H30N2O6S2/c1-17-5-9-19(10-6-17)21-15-40-27(25(21)29(36)37)32-23(34)13-31(3,4)14-24(35)33-28-26(30(38)39)22(16-41-28)20-11-7-18(2)8-12-20/h5-12,15-16H,13-14H2,1-4H3,(H,32,34)(H,33,35)(H,36,37)(H,38,39). The second-order valence-corrected chi connectivity index (χ2v) is 12.4. The molecule has 41 heavy (non-hydrogen) atoms. The zero-order valence-electron chi connectivity index (χ0n) is 23.0. The van der Waals surface area contributed by atoms with E-state index in [1.165, 1.54) is 0 Å². The van der Waals surface area contributed by atoms with Gasteiger partial charge < -0.3 is 20.8 Å². The van der Waals surface area contributed by atoms with E-state index in [0.29, 0.717) is 11.1 Å². The summed E-state index contributed by atoms with van der Waals surface area (Å²) in [5.41, 5.74) is 3.85. The molecule has 2 aromatic heterocycles. The summed E-state index contributed by atoms with van der Waals surface area (Å²) in [4.78, 5) is 50.1. The highest BCUT2D eigenvalue weighted by Crippen LogP contribution is 2.38. The van der Waals surface area contributed by atoms with E-state index in [1.807, 2.05) is 62.4 Å². The van der Waals surface area contributed by atoms with Gasteiger partial charge in [-0.1, -0.05) is 73.5 Å². The second kappa shape index (κ2) is 12.1. The molecule has 2 amide bonds. The molecule has 0 fully saturated rings. The van der Waals surface area contributed by atoms with Crippen molar-refractivity contribution in [3.05, 3.63) is 81.5 Å². The Bertz CT molecular complexity index is 1500. The molecule has 4 aromatic rings. The molecule has 4 rings (SSSR count). The van der Waals surface area contributed by atoms with Gasteiger partial charge in [-0.15, -0.1) is 22.7 Å². The molecule has 0 bridgehead atoms. The van der Waals surface area contributed by atoms with Crippen LogP contribution in [0.25, 0.3) is 22.3 Å². The molecule has 212 valence electrons. The minimum atomic E-state index is -1.15. The molecular weight excluding hydrogens is 560 g/mol. The lowest BCUT2D eigenvalue weighted by atomic mass is 9.85. The van der Waals surface area contributed by atoms with Crippen molar-refractivity contribution in [3.8, 4) is 22.3 Å². The van der Waals surface area contributed by atoms with Crippen LogP contribution >= 0.6 is 22.7 Å². The molecule has 8 nitrogen and oxygen atoms in total. The Morgan fingerprint density at radius 2 is 1.00 bits per heavy atom. The first-order valence-corrected chi connectivity index (χ1v) is 14.5. The Kier molecular flexibility index (Phi) is 8.74. The number of rotatable bonds is 10. The highest BCUT2D eigenvalue weighted by molar-refractivity contribution is 7.15. The number of anilines is 2. The van der Waals surface area contributed by atoms with Crippen molar-refractivity contribution in [2.24, 2.45) is 5.41 Å². The van der Waals surface area contributed by atoms with Gasteiger partial charge in [0.25, 0.3) is 0 Å². The number of carbonyl (C=O) groups is 4. The molecular formula is C31H30N2O6S2. The Morgan fingerprint density at radius 1 is 0.659 bits per heavy atom. The monoisotopic (exact) mass is 590 g/mol. The fraction of sp³-hybridized carbons (Fsp3) is 0.226. The third-order valence-electron chi connectivity index (χ3n) is 6.52. The van der Waals surface area contributed by atoms with Crippen LogP contribution in [0.2, 0.25) is 0 Å². The first-order chi connectivity index (χ1) is 19.3. The van der Waals surface area contributed by atoms with Crippen molar-refractivity contribution in [3.63, 3.8) is 0 Å². The summed E-state index contributed by atoms with van der Waals surface area (Å²) in [7, 11) is 0. The van der Waals surface area contributed by atoms with Gasteiger partial charge in [-0.2, -0.15) is 0 Å². The van der Waals surface area contributed by atoms with Crippen molar-refractivity contribution in [1.29, 1.82) is 0 Å². The number of hydrogen-bond donors (Lipinski definition) is 4. The summed E-state index contributed by atoms with van der Waals surface area (Å²) >= 11 is 2.27. The van der Waals surface area contributed by atoms with Crippen molar-refractivity contribution in [1.82, 2.24) is 0 Å². The molecule has 0 aliphatic carbocycles. The van der Waals surface area contributed by atoms with E-state index in [1.54, 1.807) is 24.6 Å². The van der Waals surface area contributed by atoms with E-state index >= 15 is 0 Å². The Hall–Kier alpha value is -4.28. The third kappa shape index (κ3) is 7.08. The molecule has 10 heteroatoms.